The van der Waals surface area contributed by atoms with E-state index in [0.717, 1.165) is 17.1 Å². The Morgan fingerprint density at radius 2 is 1.83 bits per heavy atom. The van der Waals surface area contributed by atoms with Crippen LogP contribution in [0.5, 0.6) is 0 Å². The summed E-state index contributed by atoms with van der Waals surface area (Å²) in [7, 11) is 0. The number of carbonyl (C=O) groups is 1. The third kappa shape index (κ3) is 5.14. The summed E-state index contributed by atoms with van der Waals surface area (Å²) < 4.78 is 15.1. The molecule has 2 heterocycles. The van der Waals surface area contributed by atoms with Gasteiger partial charge in [0.15, 0.2) is 11.0 Å². The second-order valence-corrected chi connectivity index (χ2v) is 8.40. The summed E-state index contributed by atoms with van der Waals surface area (Å²) in [5.74, 6) is 0.477. The first-order chi connectivity index (χ1) is 14.7. The van der Waals surface area contributed by atoms with Gasteiger partial charge in [0.05, 0.1) is 10.6 Å². The van der Waals surface area contributed by atoms with Gasteiger partial charge in [-0.05, 0) is 47.7 Å². The number of benzene rings is 2. The maximum Gasteiger partial charge on any atom is 0.234 e. The number of carbonyl (C=O) groups excluding carboxylic acids is 1. The Labute approximate surface area is 182 Å². The highest BCUT2D eigenvalue weighted by Gasteiger charge is 2.16. The van der Waals surface area contributed by atoms with E-state index < -0.39 is 0 Å². The van der Waals surface area contributed by atoms with Crippen LogP contribution in [-0.2, 0) is 17.8 Å². The second kappa shape index (κ2) is 9.69. The van der Waals surface area contributed by atoms with Crippen molar-refractivity contribution >= 4 is 34.7 Å². The monoisotopic (exact) mass is 438 g/mol. The van der Waals surface area contributed by atoms with Crippen LogP contribution in [0.25, 0.3) is 10.7 Å². The average molecular weight is 439 g/mol. The maximum absolute atomic E-state index is 13.0. The maximum atomic E-state index is 13.0. The summed E-state index contributed by atoms with van der Waals surface area (Å²) in [5.41, 5.74) is 1.79. The Morgan fingerprint density at radius 3 is 2.57 bits per heavy atom. The van der Waals surface area contributed by atoms with E-state index >= 15 is 0 Å². The molecule has 4 rings (SSSR count). The Hall–Kier alpha value is -2.97. The standard InChI is InChI=1S/C22H19FN4OS2/c23-17-8-10-18(11-9-17)24-20(28)15-30-22-26-25-21(19-7-4-14-29-19)27(22)13-12-16-5-2-1-3-6-16/h1-11,14H,12-13,15H2,(H,24,28). The number of hydrogen-bond acceptors (Lipinski definition) is 5. The molecule has 0 fully saturated rings. The van der Waals surface area contributed by atoms with Gasteiger partial charge in [0, 0.05) is 12.2 Å². The fourth-order valence-electron chi connectivity index (χ4n) is 2.93. The number of thiophene rings is 1. The number of anilines is 1. The molecule has 4 aromatic rings. The van der Waals surface area contributed by atoms with E-state index in [-0.39, 0.29) is 17.5 Å². The minimum atomic E-state index is -0.338. The summed E-state index contributed by atoms with van der Waals surface area (Å²) >= 11 is 2.95. The van der Waals surface area contributed by atoms with Crippen LogP contribution in [0, 0.1) is 5.82 Å². The molecule has 0 aliphatic carbocycles. The number of rotatable bonds is 8. The zero-order valence-electron chi connectivity index (χ0n) is 16.0. The van der Waals surface area contributed by atoms with Crippen molar-refractivity contribution in [1.29, 1.82) is 0 Å². The quantitative estimate of drug-likeness (QED) is 0.388. The second-order valence-electron chi connectivity index (χ2n) is 6.51. The van der Waals surface area contributed by atoms with E-state index in [4.69, 9.17) is 0 Å². The van der Waals surface area contributed by atoms with Crippen LogP contribution >= 0.6 is 23.1 Å². The molecule has 8 heteroatoms. The molecular weight excluding hydrogens is 419 g/mol. The molecule has 0 saturated carbocycles. The van der Waals surface area contributed by atoms with Gasteiger partial charge < -0.3 is 9.88 Å². The number of aromatic nitrogens is 3. The van der Waals surface area contributed by atoms with Crippen molar-refractivity contribution in [3.63, 3.8) is 0 Å². The molecule has 2 aromatic carbocycles. The lowest BCUT2D eigenvalue weighted by atomic mass is 10.1. The van der Waals surface area contributed by atoms with Gasteiger partial charge in [-0.3, -0.25) is 4.79 Å². The van der Waals surface area contributed by atoms with Gasteiger partial charge in [0.25, 0.3) is 0 Å². The van der Waals surface area contributed by atoms with E-state index in [1.54, 1.807) is 11.3 Å². The number of amides is 1. The number of nitrogens with zero attached hydrogens (tertiary/aromatic N) is 3. The molecule has 0 atom stereocenters. The predicted molar refractivity (Wildman–Crippen MR) is 119 cm³/mol. The van der Waals surface area contributed by atoms with Gasteiger partial charge >= 0.3 is 0 Å². The number of hydrogen-bond donors (Lipinski definition) is 1. The summed E-state index contributed by atoms with van der Waals surface area (Å²) in [5, 5.41) is 14.2. The minimum Gasteiger partial charge on any atom is -0.325 e. The number of nitrogens with one attached hydrogen (secondary N) is 1. The molecule has 5 nitrogen and oxygen atoms in total. The average Bonchev–Trinajstić information content (AvgIpc) is 3.43. The largest absolute Gasteiger partial charge is 0.325 e. The molecule has 0 aliphatic rings. The van der Waals surface area contributed by atoms with Gasteiger partial charge in [-0.1, -0.05) is 48.2 Å². The predicted octanol–water partition coefficient (Wildman–Crippen LogP) is 5.12. The summed E-state index contributed by atoms with van der Waals surface area (Å²) in [6.07, 6.45) is 0.840. The van der Waals surface area contributed by atoms with E-state index in [2.05, 4.69) is 32.2 Å². The normalized spacial score (nSPS) is 10.8. The molecular formula is C22H19FN4OS2. The zero-order valence-corrected chi connectivity index (χ0v) is 17.6. The van der Waals surface area contributed by atoms with Crippen LogP contribution in [0.15, 0.2) is 77.3 Å². The molecule has 1 N–H and O–H groups in total. The number of thioether (sulfide) groups is 1. The van der Waals surface area contributed by atoms with E-state index in [1.165, 1.54) is 41.6 Å². The molecule has 30 heavy (non-hydrogen) atoms. The van der Waals surface area contributed by atoms with Crippen molar-refractivity contribution in [3.05, 3.63) is 83.5 Å². The van der Waals surface area contributed by atoms with E-state index in [0.29, 0.717) is 17.4 Å². The minimum absolute atomic E-state index is 0.179. The Kier molecular flexibility index (Phi) is 6.56. The molecule has 0 radical (unpaired) electrons. The zero-order chi connectivity index (χ0) is 20.8. The summed E-state index contributed by atoms with van der Waals surface area (Å²) in [4.78, 5) is 13.4. The number of aryl methyl sites for hydroxylation is 1. The summed E-state index contributed by atoms with van der Waals surface area (Å²) in [6.45, 7) is 0.714. The highest BCUT2D eigenvalue weighted by atomic mass is 32.2. The van der Waals surface area contributed by atoms with Crippen LogP contribution in [-0.4, -0.2) is 26.4 Å². The SMILES string of the molecule is O=C(CSc1nnc(-c2cccs2)n1CCc1ccccc1)Nc1ccc(F)cc1. The van der Waals surface area contributed by atoms with Crippen molar-refractivity contribution in [1.82, 2.24) is 14.8 Å². The lowest BCUT2D eigenvalue weighted by Gasteiger charge is -2.10. The first-order valence-corrected chi connectivity index (χ1v) is 11.2. The van der Waals surface area contributed by atoms with Crippen LogP contribution in [0.1, 0.15) is 5.56 Å². The Morgan fingerprint density at radius 1 is 1.03 bits per heavy atom. The van der Waals surface area contributed by atoms with Crippen LogP contribution in [0.3, 0.4) is 0 Å². The van der Waals surface area contributed by atoms with Crippen molar-refractivity contribution < 1.29 is 9.18 Å². The van der Waals surface area contributed by atoms with E-state index in [1.807, 2.05) is 35.7 Å². The topological polar surface area (TPSA) is 59.8 Å². The van der Waals surface area contributed by atoms with Gasteiger partial charge in [0.1, 0.15) is 5.82 Å². The van der Waals surface area contributed by atoms with E-state index in [9.17, 15) is 9.18 Å². The molecule has 0 unspecified atom stereocenters. The fraction of sp³-hybridized carbons (Fsp3) is 0.136. The first kappa shape index (κ1) is 20.3. The highest BCUT2D eigenvalue weighted by molar-refractivity contribution is 7.99. The fourth-order valence-corrected chi connectivity index (χ4v) is 4.41. The molecule has 0 bridgehead atoms. The van der Waals surface area contributed by atoms with Gasteiger partial charge in [0.2, 0.25) is 5.91 Å². The highest BCUT2D eigenvalue weighted by Crippen LogP contribution is 2.27. The van der Waals surface area contributed by atoms with Crippen molar-refractivity contribution in [2.24, 2.45) is 0 Å². The van der Waals surface area contributed by atoms with Gasteiger partial charge in [-0.25, -0.2) is 4.39 Å². The lowest BCUT2D eigenvalue weighted by Crippen LogP contribution is -2.15. The lowest BCUT2D eigenvalue weighted by molar-refractivity contribution is -0.113. The molecule has 0 saturated heterocycles. The van der Waals surface area contributed by atoms with Crippen LogP contribution in [0.4, 0.5) is 10.1 Å². The molecule has 0 aliphatic heterocycles. The Balaban J connectivity index is 1.46. The molecule has 2 aromatic heterocycles. The molecule has 0 spiro atoms. The molecule has 1 amide bonds. The van der Waals surface area contributed by atoms with Crippen LogP contribution in [0.2, 0.25) is 0 Å². The van der Waals surface area contributed by atoms with Crippen molar-refractivity contribution in [2.45, 2.75) is 18.1 Å². The first-order valence-electron chi connectivity index (χ1n) is 9.38. The van der Waals surface area contributed by atoms with Crippen LogP contribution < -0.4 is 5.32 Å². The third-order valence-electron chi connectivity index (χ3n) is 4.39. The number of halogens is 1. The van der Waals surface area contributed by atoms with Gasteiger partial charge in [-0.15, -0.1) is 21.5 Å². The smallest absolute Gasteiger partial charge is 0.234 e. The van der Waals surface area contributed by atoms with Gasteiger partial charge in [-0.2, -0.15) is 0 Å². The summed E-state index contributed by atoms with van der Waals surface area (Å²) in [6, 6.07) is 19.9. The molecule has 152 valence electrons. The third-order valence-corrected chi connectivity index (χ3v) is 6.22. The van der Waals surface area contributed by atoms with Crippen molar-refractivity contribution in [3.8, 4) is 10.7 Å². The van der Waals surface area contributed by atoms with Crippen molar-refractivity contribution in [2.75, 3.05) is 11.1 Å². The Bertz CT molecular complexity index is 1100.